The van der Waals surface area contributed by atoms with Crippen LogP contribution in [0.4, 0.5) is 0 Å². The summed E-state index contributed by atoms with van der Waals surface area (Å²) in [4.78, 5) is 32.6. The summed E-state index contributed by atoms with van der Waals surface area (Å²) in [5.41, 5.74) is -0.539. The number of piperidine rings is 2. The first-order valence-corrected chi connectivity index (χ1v) is 23.6. The average Bonchev–Trinajstić information content (AvgIpc) is 3.72. The molecular formula is C49H62N2O10. The van der Waals surface area contributed by atoms with Crippen LogP contribution in [0.15, 0.2) is 24.3 Å². The van der Waals surface area contributed by atoms with Crippen LogP contribution in [0.1, 0.15) is 126 Å². The fourth-order valence-corrected chi connectivity index (χ4v) is 15.0. The highest BCUT2D eigenvalue weighted by atomic mass is 16.6. The summed E-state index contributed by atoms with van der Waals surface area (Å²) in [7, 11) is 0. The van der Waals surface area contributed by atoms with E-state index in [1.807, 2.05) is 26.0 Å². The summed E-state index contributed by atoms with van der Waals surface area (Å²) in [6.45, 7) is 7.32. The van der Waals surface area contributed by atoms with Gasteiger partial charge in [-0.1, -0.05) is 38.8 Å². The summed E-state index contributed by atoms with van der Waals surface area (Å²) in [5, 5.41) is 48.3. The van der Waals surface area contributed by atoms with Crippen LogP contribution in [0.2, 0.25) is 0 Å². The third-order valence-electron chi connectivity index (χ3n) is 18.2. The lowest BCUT2D eigenvalue weighted by molar-refractivity contribution is -0.209. The molecule has 4 bridgehead atoms. The Labute approximate surface area is 357 Å². The molecule has 0 unspecified atom stereocenters. The monoisotopic (exact) mass is 838 g/mol. The van der Waals surface area contributed by atoms with E-state index >= 15 is 0 Å². The lowest BCUT2D eigenvalue weighted by Crippen LogP contribution is -2.77. The first-order chi connectivity index (χ1) is 29.2. The predicted octanol–water partition coefficient (Wildman–Crippen LogP) is 4.63. The summed E-state index contributed by atoms with van der Waals surface area (Å²) in [5.74, 6) is 1.79. The molecular weight excluding hydrogens is 777 g/mol. The molecule has 10 atom stereocenters. The molecule has 4 saturated carbocycles. The Hall–Kier alpha value is -3.26. The largest absolute Gasteiger partial charge is 0.482 e. The summed E-state index contributed by atoms with van der Waals surface area (Å²) in [6.07, 6.45) is 9.23. The van der Waals surface area contributed by atoms with E-state index in [-0.39, 0.29) is 36.4 Å². The molecule has 12 rings (SSSR count). The lowest BCUT2D eigenvalue weighted by Gasteiger charge is -2.64. The van der Waals surface area contributed by atoms with Gasteiger partial charge in [-0.2, -0.15) is 0 Å². The van der Waals surface area contributed by atoms with Crippen molar-refractivity contribution in [3.05, 3.63) is 46.5 Å². The van der Waals surface area contributed by atoms with Crippen molar-refractivity contribution in [2.45, 2.75) is 175 Å². The SMILES string of the molecule is CC(C)(CC(=O)Oc1ccc2c3c1O[C@H]1[C@@H](O)CC[C@@]4(O)[C@@H](C2)N(CC2CCC2)CC[C@]314)CC(=O)Oc1ccc2c3c1O[C@H]1[C@@H](O)CC[C@@]4(O)[C@@H](C2)N(CC2CCC2)CC[C@]314. The Balaban J connectivity index is 0.762. The molecule has 2 aromatic rings. The van der Waals surface area contributed by atoms with Gasteiger partial charge in [0.1, 0.15) is 12.2 Å². The minimum absolute atomic E-state index is 0.0549. The van der Waals surface area contributed by atoms with Crippen molar-refractivity contribution in [2.75, 3.05) is 26.2 Å². The molecule has 2 saturated heterocycles. The Morgan fingerprint density at radius 2 is 1.10 bits per heavy atom. The topological polar surface area (TPSA) is 158 Å². The zero-order valence-electron chi connectivity index (χ0n) is 35.7. The third kappa shape index (κ3) is 5.32. The van der Waals surface area contributed by atoms with Gasteiger partial charge in [-0.3, -0.25) is 19.4 Å². The van der Waals surface area contributed by atoms with Crippen LogP contribution in [-0.2, 0) is 33.3 Å². The molecule has 61 heavy (non-hydrogen) atoms. The number of carbonyl (C=O) groups excluding carboxylic acids is 2. The Kier molecular flexibility index (Phi) is 8.64. The number of hydrogen-bond acceptors (Lipinski definition) is 12. The zero-order chi connectivity index (χ0) is 41.8. The van der Waals surface area contributed by atoms with Gasteiger partial charge in [0.05, 0.1) is 47.1 Å². The minimum Gasteiger partial charge on any atom is -0.482 e. The smallest absolute Gasteiger partial charge is 0.311 e. The van der Waals surface area contributed by atoms with Gasteiger partial charge in [0.2, 0.25) is 0 Å². The number of ether oxygens (including phenoxy) is 4. The molecule has 6 fully saturated rings. The second kappa shape index (κ2) is 13.4. The normalized spacial score (nSPS) is 39.2. The van der Waals surface area contributed by atoms with E-state index in [9.17, 15) is 30.0 Å². The Morgan fingerprint density at radius 3 is 1.49 bits per heavy atom. The van der Waals surface area contributed by atoms with Crippen molar-refractivity contribution in [1.82, 2.24) is 9.80 Å². The number of likely N-dealkylation sites (tertiary alicyclic amines) is 2. The number of nitrogens with zero attached hydrogens (tertiary/aromatic N) is 2. The van der Waals surface area contributed by atoms with Crippen LogP contribution in [0.25, 0.3) is 0 Å². The highest BCUT2D eigenvalue weighted by Gasteiger charge is 2.74. The van der Waals surface area contributed by atoms with Crippen LogP contribution in [-0.4, -0.2) is 116 Å². The predicted molar refractivity (Wildman–Crippen MR) is 222 cm³/mol. The van der Waals surface area contributed by atoms with Crippen molar-refractivity contribution >= 4 is 11.9 Å². The van der Waals surface area contributed by atoms with Crippen molar-refractivity contribution in [2.24, 2.45) is 17.3 Å². The minimum atomic E-state index is -1.06. The first-order valence-electron chi connectivity index (χ1n) is 23.6. The lowest BCUT2D eigenvalue weighted by atomic mass is 9.48. The van der Waals surface area contributed by atoms with Crippen molar-refractivity contribution in [3.8, 4) is 23.0 Å². The Morgan fingerprint density at radius 1 is 0.672 bits per heavy atom. The van der Waals surface area contributed by atoms with Gasteiger partial charge in [-0.25, -0.2) is 0 Å². The Bertz CT molecular complexity index is 2040. The van der Waals surface area contributed by atoms with Crippen molar-refractivity contribution in [1.29, 1.82) is 0 Å². The van der Waals surface area contributed by atoms with E-state index in [2.05, 4.69) is 9.80 Å². The molecule has 12 heteroatoms. The van der Waals surface area contributed by atoms with E-state index in [0.29, 0.717) is 74.7 Å². The molecule has 4 heterocycles. The first kappa shape index (κ1) is 39.3. The van der Waals surface area contributed by atoms with Crippen LogP contribution < -0.4 is 18.9 Å². The highest BCUT2D eigenvalue weighted by Crippen LogP contribution is 2.67. The van der Waals surface area contributed by atoms with Crippen molar-refractivity contribution in [3.63, 3.8) is 0 Å². The number of hydrogen-bond donors (Lipinski definition) is 4. The summed E-state index contributed by atoms with van der Waals surface area (Å²) in [6, 6.07) is 7.49. The van der Waals surface area contributed by atoms with Crippen molar-refractivity contribution < 1.29 is 49.0 Å². The fourth-order valence-electron chi connectivity index (χ4n) is 15.0. The molecule has 10 aliphatic rings. The maximum absolute atomic E-state index is 13.8. The van der Waals surface area contributed by atoms with E-state index in [1.54, 1.807) is 12.1 Å². The van der Waals surface area contributed by atoms with Crippen LogP contribution in [0.5, 0.6) is 23.0 Å². The van der Waals surface area contributed by atoms with E-state index in [0.717, 1.165) is 48.4 Å². The molecule has 12 nitrogen and oxygen atoms in total. The number of benzene rings is 2. The molecule has 0 radical (unpaired) electrons. The molecule has 2 spiro atoms. The van der Waals surface area contributed by atoms with Gasteiger partial charge in [0, 0.05) is 36.3 Å². The zero-order valence-corrected chi connectivity index (χ0v) is 35.7. The van der Waals surface area contributed by atoms with Gasteiger partial charge in [0.25, 0.3) is 0 Å². The molecule has 0 amide bonds. The second-order valence-electron chi connectivity index (χ2n) is 21.9. The van der Waals surface area contributed by atoms with Gasteiger partial charge in [-0.15, -0.1) is 0 Å². The van der Waals surface area contributed by atoms with Crippen LogP contribution >= 0.6 is 0 Å². The van der Waals surface area contributed by atoms with Gasteiger partial charge in [-0.05, 0) is 131 Å². The quantitative estimate of drug-likeness (QED) is 0.195. The summed E-state index contributed by atoms with van der Waals surface area (Å²) >= 11 is 0. The van der Waals surface area contributed by atoms with Crippen LogP contribution in [0.3, 0.4) is 0 Å². The van der Waals surface area contributed by atoms with E-state index in [1.165, 1.54) is 38.5 Å². The molecule has 0 aromatic heterocycles. The molecule has 2 aromatic carbocycles. The summed E-state index contributed by atoms with van der Waals surface area (Å²) < 4.78 is 25.4. The number of aliphatic hydroxyl groups is 4. The number of rotatable bonds is 10. The molecule has 4 N–H and O–H groups in total. The molecule has 4 aliphatic heterocycles. The van der Waals surface area contributed by atoms with E-state index in [4.69, 9.17) is 18.9 Å². The maximum Gasteiger partial charge on any atom is 0.311 e. The van der Waals surface area contributed by atoms with E-state index < -0.39 is 63.8 Å². The average molecular weight is 839 g/mol. The maximum atomic E-state index is 13.8. The number of esters is 2. The second-order valence-corrected chi connectivity index (χ2v) is 21.9. The van der Waals surface area contributed by atoms with Gasteiger partial charge < -0.3 is 39.4 Å². The number of carbonyl (C=O) groups is 2. The van der Waals surface area contributed by atoms with Gasteiger partial charge >= 0.3 is 11.9 Å². The molecule has 6 aliphatic carbocycles. The highest BCUT2D eigenvalue weighted by molar-refractivity contribution is 5.79. The molecule has 328 valence electrons. The standard InChI is InChI=1S/C49H62N2O10/c1-45(2,23-37(54)58-33-11-9-29-21-35-48(56)15-13-31(52)43-46(48,39(29)41(33)60-43)17-19-50(35)25-27-5-3-6-27)24-38(55)59-34-12-10-30-22-36-49(57)16-14-32(53)44-47(49,40(30)42(34)61-44)18-20-51(36)26-28-7-4-8-28/h9-12,27-28,31-32,35-36,43-44,52-53,56-57H,3-8,13-26H2,1-2H3/t31-,32-,35+,36+,43-,44-,46-,47-,48+,49+/m0/s1. The third-order valence-corrected chi connectivity index (χ3v) is 18.2. The number of aliphatic hydroxyl groups excluding tert-OH is 2. The van der Waals surface area contributed by atoms with Crippen LogP contribution in [0, 0.1) is 17.3 Å². The fraction of sp³-hybridized carbons (Fsp3) is 0.714. The van der Waals surface area contributed by atoms with Gasteiger partial charge in [0.15, 0.2) is 23.0 Å².